The lowest BCUT2D eigenvalue weighted by molar-refractivity contribution is -0.0203. The topological polar surface area (TPSA) is 45.1 Å². The molecule has 0 spiro atoms. The standard InChI is InChI=1S/C22H15BrCl2N2O2/c23-13-3-7-20(28)17(9-13)22-27-19(16-10-15(25)6-8-21(16)29-22)11-18(26-27)12-1-4-14(24)5-2-12/h1-10,19,22,28H,11H2/t19-,22-/m0/s1. The first-order valence-corrected chi connectivity index (χ1v) is 10.6. The Morgan fingerprint density at radius 2 is 1.72 bits per heavy atom. The lowest BCUT2D eigenvalue weighted by atomic mass is 9.96. The highest BCUT2D eigenvalue weighted by atomic mass is 79.9. The van der Waals surface area contributed by atoms with Crippen LogP contribution in [0.4, 0.5) is 0 Å². The van der Waals surface area contributed by atoms with Gasteiger partial charge in [-0.05, 0) is 54.1 Å². The van der Waals surface area contributed by atoms with Gasteiger partial charge in [0.05, 0.1) is 17.3 Å². The smallest absolute Gasteiger partial charge is 0.217 e. The molecular formula is C22H15BrCl2N2O2. The van der Waals surface area contributed by atoms with Gasteiger partial charge < -0.3 is 9.84 Å². The van der Waals surface area contributed by atoms with Crippen LogP contribution in [0.1, 0.15) is 35.4 Å². The Bertz CT molecular complexity index is 1130. The van der Waals surface area contributed by atoms with E-state index in [1.807, 2.05) is 53.5 Å². The molecule has 2 aliphatic heterocycles. The second-order valence-electron chi connectivity index (χ2n) is 7.01. The zero-order valence-corrected chi connectivity index (χ0v) is 18.1. The first kappa shape index (κ1) is 18.8. The summed E-state index contributed by atoms with van der Waals surface area (Å²) in [5, 5.41) is 18.6. The van der Waals surface area contributed by atoms with E-state index in [0.717, 1.165) is 27.1 Å². The molecule has 29 heavy (non-hydrogen) atoms. The molecule has 3 aromatic rings. The molecule has 0 aromatic heterocycles. The number of hydrogen-bond donors (Lipinski definition) is 1. The van der Waals surface area contributed by atoms with Crippen LogP contribution in [-0.2, 0) is 0 Å². The summed E-state index contributed by atoms with van der Waals surface area (Å²) in [5.41, 5.74) is 3.56. The van der Waals surface area contributed by atoms with Crippen molar-refractivity contribution >= 4 is 44.8 Å². The molecular weight excluding hydrogens is 475 g/mol. The van der Waals surface area contributed by atoms with Gasteiger partial charge in [-0.2, -0.15) is 5.10 Å². The zero-order chi connectivity index (χ0) is 20.1. The number of phenols is 1. The van der Waals surface area contributed by atoms with Gasteiger partial charge in [0.2, 0.25) is 6.23 Å². The summed E-state index contributed by atoms with van der Waals surface area (Å²) < 4.78 is 7.14. The van der Waals surface area contributed by atoms with E-state index in [4.69, 9.17) is 33.0 Å². The number of rotatable bonds is 2. The van der Waals surface area contributed by atoms with Crippen molar-refractivity contribution in [1.82, 2.24) is 5.01 Å². The van der Waals surface area contributed by atoms with Gasteiger partial charge >= 0.3 is 0 Å². The van der Waals surface area contributed by atoms with Crippen molar-refractivity contribution in [2.75, 3.05) is 0 Å². The van der Waals surface area contributed by atoms with E-state index in [0.29, 0.717) is 22.0 Å². The fourth-order valence-corrected chi connectivity index (χ4v) is 4.49. The van der Waals surface area contributed by atoms with Crippen molar-refractivity contribution < 1.29 is 9.84 Å². The minimum atomic E-state index is -0.559. The molecule has 0 fully saturated rings. The number of benzene rings is 3. The van der Waals surface area contributed by atoms with E-state index in [9.17, 15) is 5.11 Å². The van der Waals surface area contributed by atoms with E-state index < -0.39 is 6.23 Å². The summed E-state index contributed by atoms with van der Waals surface area (Å²) in [7, 11) is 0. The summed E-state index contributed by atoms with van der Waals surface area (Å²) in [4.78, 5) is 0. The van der Waals surface area contributed by atoms with Crippen molar-refractivity contribution in [3.8, 4) is 11.5 Å². The molecule has 1 N–H and O–H groups in total. The molecule has 0 saturated heterocycles. The maximum Gasteiger partial charge on any atom is 0.217 e. The van der Waals surface area contributed by atoms with Gasteiger partial charge in [-0.1, -0.05) is 51.3 Å². The lowest BCUT2D eigenvalue weighted by Crippen LogP contribution is -2.33. The van der Waals surface area contributed by atoms with Crippen LogP contribution in [0.25, 0.3) is 0 Å². The second kappa shape index (κ2) is 7.24. The maximum absolute atomic E-state index is 10.5. The molecule has 2 aliphatic rings. The van der Waals surface area contributed by atoms with Crippen molar-refractivity contribution in [1.29, 1.82) is 0 Å². The summed E-state index contributed by atoms with van der Waals surface area (Å²) >= 11 is 15.8. The van der Waals surface area contributed by atoms with Crippen LogP contribution in [-0.4, -0.2) is 15.8 Å². The van der Waals surface area contributed by atoms with E-state index in [-0.39, 0.29) is 11.8 Å². The summed E-state index contributed by atoms with van der Waals surface area (Å²) in [5.74, 6) is 0.900. The minimum absolute atomic E-state index is 0.0495. The lowest BCUT2D eigenvalue weighted by Gasteiger charge is -2.38. The van der Waals surface area contributed by atoms with Gasteiger partial charge in [-0.15, -0.1) is 0 Å². The largest absolute Gasteiger partial charge is 0.507 e. The van der Waals surface area contributed by atoms with E-state index in [1.54, 1.807) is 12.1 Å². The van der Waals surface area contributed by atoms with Gasteiger partial charge in [-0.3, -0.25) is 0 Å². The molecule has 2 atom stereocenters. The van der Waals surface area contributed by atoms with Gasteiger partial charge in [0.25, 0.3) is 0 Å². The fourth-order valence-electron chi connectivity index (χ4n) is 3.80. The van der Waals surface area contributed by atoms with Crippen molar-refractivity contribution in [2.45, 2.75) is 18.7 Å². The van der Waals surface area contributed by atoms with E-state index in [2.05, 4.69) is 15.9 Å². The second-order valence-corrected chi connectivity index (χ2v) is 8.80. The summed E-state index contributed by atoms with van der Waals surface area (Å²) in [6.45, 7) is 0. The average molecular weight is 490 g/mol. The molecule has 0 saturated carbocycles. The molecule has 5 rings (SSSR count). The fraction of sp³-hybridized carbons (Fsp3) is 0.136. The molecule has 0 aliphatic carbocycles. The molecule has 0 amide bonds. The van der Waals surface area contributed by atoms with Crippen molar-refractivity contribution in [2.24, 2.45) is 5.10 Å². The Balaban J connectivity index is 1.63. The number of hydrogen-bond acceptors (Lipinski definition) is 4. The highest BCUT2D eigenvalue weighted by Gasteiger charge is 2.42. The minimum Gasteiger partial charge on any atom is -0.507 e. The molecule has 3 aromatic carbocycles. The Morgan fingerprint density at radius 3 is 2.52 bits per heavy atom. The first-order chi connectivity index (χ1) is 14.0. The zero-order valence-electron chi connectivity index (χ0n) is 15.0. The molecule has 146 valence electrons. The molecule has 2 heterocycles. The van der Waals surface area contributed by atoms with Crippen molar-refractivity contribution in [3.05, 3.63) is 91.9 Å². The van der Waals surface area contributed by atoms with Gasteiger partial charge in [0.1, 0.15) is 11.5 Å². The quantitative estimate of drug-likeness (QED) is 0.435. The number of halogens is 3. The number of fused-ring (bicyclic) bond motifs is 3. The summed E-state index contributed by atoms with van der Waals surface area (Å²) in [6, 6.07) is 18.5. The monoisotopic (exact) mass is 488 g/mol. The van der Waals surface area contributed by atoms with Crippen LogP contribution >= 0.6 is 39.1 Å². The van der Waals surface area contributed by atoms with Crippen LogP contribution in [0.5, 0.6) is 11.5 Å². The SMILES string of the molecule is Oc1ccc(Br)cc1[C@@H]1Oc2ccc(Cl)cc2[C@@H]2CC(c3ccc(Cl)cc3)=NN21. The van der Waals surface area contributed by atoms with Crippen LogP contribution in [0, 0.1) is 0 Å². The number of ether oxygens (including phenoxy) is 1. The Morgan fingerprint density at radius 1 is 0.966 bits per heavy atom. The third kappa shape index (κ3) is 3.37. The Kier molecular flexibility index (Phi) is 4.69. The predicted octanol–water partition coefficient (Wildman–Crippen LogP) is 6.70. The number of hydrazone groups is 1. The maximum atomic E-state index is 10.5. The molecule has 0 bridgehead atoms. The summed E-state index contributed by atoms with van der Waals surface area (Å²) in [6.07, 6.45) is 0.139. The number of nitrogens with zero attached hydrogens (tertiary/aromatic N) is 2. The number of aromatic hydroxyl groups is 1. The van der Waals surface area contributed by atoms with E-state index in [1.165, 1.54) is 0 Å². The van der Waals surface area contributed by atoms with Gasteiger partial charge in [0.15, 0.2) is 0 Å². The van der Waals surface area contributed by atoms with Gasteiger partial charge in [0, 0.05) is 26.5 Å². The number of phenolic OH excluding ortho intramolecular Hbond substituents is 1. The Labute approximate surface area is 186 Å². The predicted molar refractivity (Wildman–Crippen MR) is 118 cm³/mol. The molecule has 4 nitrogen and oxygen atoms in total. The van der Waals surface area contributed by atoms with Crippen LogP contribution in [0.3, 0.4) is 0 Å². The normalized spacial score (nSPS) is 20.0. The third-order valence-electron chi connectivity index (χ3n) is 5.18. The third-order valence-corrected chi connectivity index (χ3v) is 6.17. The molecule has 7 heteroatoms. The van der Waals surface area contributed by atoms with Crippen LogP contribution < -0.4 is 4.74 Å². The van der Waals surface area contributed by atoms with Crippen LogP contribution in [0.2, 0.25) is 10.0 Å². The molecule has 0 unspecified atom stereocenters. The highest BCUT2D eigenvalue weighted by Crippen LogP contribution is 2.49. The van der Waals surface area contributed by atoms with Crippen molar-refractivity contribution in [3.63, 3.8) is 0 Å². The average Bonchev–Trinajstić information content (AvgIpc) is 3.16. The highest BCUT2D eigenvalue weighted by molar-refractivity contribution is 9.10. The van der Waals surface area contributed by atoms with Gasteiger partial charge in [-0.25, -0.2) is 5.01 Å². The van der Waals surface area contributed by atoms with Crippen LogP contribution in [0.15, 0.2) is 70.2 Å². The van der Waals surface area contributed by atoms with E-state index >= 15 is 0 Å². The molecule has 0 radical (unpaired) electrons. The first-order valence-electron chi connectivity index (χ1n) is 9.06. The Hall–Kier alpha value is -2.21.